The Morgan fingerprint density at radius 2 is 1.71 bits per heavy atom. The second kappa shape index (κ2) is 9.67. The highest BCUT2D eigenvalue weighted by Crippen LogP contribution is 2.37. The third-order valence-corrected chi connectivity index (χ3v) is 5.23. The highest BCUT2D eigenvalue weighted by Gasteiger charge is 2.28. The van der Waals surface area contributed by atoms with Crippen LogP contribution in [-0.2, 0) is 4.74 Å². The lowest BCUT2D eigenvalue weighted by atomic mass is 9.82. The Labute approximate surface area is 164 Å². The largest absolute Gasteiger partial charge is 0.490 e. The topological polar surface area (TPSA) is 35.5 Å². The number of rotatable bonds is 7. The van der Waals surface area contributed by atoms with E-state index in [1.165, 1.54) is 6.07 Å². The van der Waals surface area contributed by atoms with Crippen LogP contribution >= 0.6 is 0 Å². The lowest BCUT2D eigenvalue weighted by molar-refractivity contribution is 0.0194. The molecular formula is C23H26F2O3. The van der Waals surface area contributed by atoms with Crippen molar-refractivity contribution in [3.05, 3.63) is 65.2 Å². The van der Waals surface area contributed by atoms with Crippen molar-refractivity contribution in [2.24, 2.45) is 0 Å². The fourth-order valence-corrected chi connectivity index (χ4v) is 3.59. The molecule has 0 radical (unpaired) electrons. The molecular weight excluding hydrogens is 362 g/mol. The Bertz CT molecular complexity index is 784. The van der Waals surface area contributed by atoms with Crippen molar-refractivity contribution in [1.82, 2.24) is 0 Å². The molecule has 0 spiro atoms. The molecule has 150 valence electrons. The number of hydrogen-bond acceptors (Lipinski definition) is 3. The van der Waals surface area contributed by atoms with E-state index in [9.17, 15) is 13.6 Å². The van der Waals surface area contributed by atoms with Crippen molar-refractivity contribution in [3.63, 3.8) is 0 Å². The van der Waals surface area contributed by atoms with Gasteiger partial charge in [0.1, 0.15) is 6.10 Å². The van der Waals surface area contributed by atoms with Crippen molar-refractivity contribution in [2.45, 2.75) is 57.5 Å². The molecule has 0 bridgehead atoms. The number of unbranched alkanes of at least 4 members (excludes halogenated alkanes) is 1. The second-order valence-corrected chi connectivity index (χ2v) is 7.23. The van der Waals surface area contributed by atoms with Crippen LogP contribution in [0.3, 0.4) is 0 Å². The number of esters is 1. The third kappa shape index (κ3) is 4.89. The first-order valence-corrected chi connectivity index (χ1v) is 9.96. The zero-order valence-corrected chi connectivity index (χ0v) is 16.1. The van der Waals surface area contributed by atoms with E-state index >= 15 is 0 Å². The van der Waals surface area contributed by atoms with Crippen LogP contribution in [0, 0.1) is 11.6 Å². The Morgan fingerprint density at radius 1 is 1.00 bits per heavy atom. The predicted octanol–water partition coefficient (Wildman–Crippen LogP) is 6.03. The van der Waals surface area contributed by atoms with Crippen LogP contribution in [0.4, 0.5) is 8.78 Å². The van der Waals surface area contributed by atoms with Crippen LogP contribution in [0.15, 0.2) is 42.5 Å². The minimum atomic E-state index is -0.911. The van der Waals surface area contributed by atoms with Crippen molar-refractivity contribution < 1.29 is 23.0 Å². The zero-order chi connectivity index (χ0) is 19.9. The van der Waals surface area contributed by atoms with Crippen molar-refractivity contribution in [2.75, 3.05) is 6.61 Å². The van der Waals surface area contributed by atoms with E-state index in [0.29, 0.717) is 43.4 Å². The average Bonchev–Trinajstić information content (AvgIpc) is 2.73. The summed E-state index contributed by atoms with van der Waals surface area (Å²) in [5.74, 6) is -2.18. The molecule has 1 saturated carbocycles. The summed E-state index contributed by atoms with van der Waals surface area (Å²) >= 11 is 0. The van der Waals surface area contributed by atoms with Gasteiger partial charge in [-0.3, -0.25) is 0 Å². The van der Waals surface area contributed by atoms with Gasteiger partial charge in [0.05, 0.1) is 12.2 Å². The van der Waals surface area contributed by atoms with Crippen LogP contribution in [0.5, 0.6) is 5.75 Å². The highest BCUT2D eigenvalue weighted by molar-refractivity contribution is 5.89. The second-order valence-electron chi connectivity index (χ2n) is 7.23. The Hall–Kier alpha value is -2.43. The van der Waals surface area contributed by atoms with Crippen molar-refractivity contribution >= 4 is 5.97 Å². The molecule has 0 saturated heterocycles. The average molecular weight is 388 g/mol. The molecule has 0 unspecified atom stereocenters. The summed E-state index contributed by atoms with van der Waals surface area (Å²) in [7, 11) is 0. The van der Waals surface area contributed by atoms with Gasteiger partial charge >= 0.3 is 5.97 Å². The molecule has 0 N–H and O–H groups in total. The van der Waals surface area contributed by atoms with Crippen LogP contribution in [0.25, 0.3) is 0 Å². The van der Waals surface area contributed by atoms with Crippen LogP contribution in [0.1, 0.15) is 67.3 Å². The Kier molecular flexibility index (Phi) is 7.01. The number of carbonyl (C=O) groups excluding carboxylic acids is 1. The molecule has 5 heteroatoms. The van der Waals surface area contributed by atoms with Gasteiger partial charge in [0.15, 0.2) is 11.6 Å². The van der Waals surface area contributed by atoms with E-state index in [-0.39, 0.29) is 23.7 Å². The number of ether oxygens (including phenoxy) is 2. The van der Waals surface area contributed by atoms with E-state index in [1.54, 1.807) is 30.3 Å². The first-order chi connectivity index (χ1) is 13.6. The lowest BCUT2D eigenvalue weighted by Gasteiger charge is -2.29. The molecule has 0 amide bonds. The molecule has 2 aromatic rings. The fraction of sp³-hybridized carbons (Fsp3) is 0.435. The summed E-state index contributed by atoms with van der Waals surface area (Å²) in [6.45, 7) is 2.39. The van der Waals surface area contributed by atoms with Crippen molar-refractivity contribution in [3.8, 4) is 5.75 Å². The molecule has 0 heterocycles. The van der Waals surface area contributed by atoms with Gasteiger partial charge in [0.25, 0.3) is 0 Å². The van der Waals surface area contributed by atoms with Crippen LogP contribution < -0.4 is 4.74 Å². The normalized spacial score (nSPS) is 19.2. The maximum Gasteiger partial charge on any atom is 0.338 e. The van der Waals surface area contributed by atoms with Crippen molar-refractivity contribution in [1.29, 1.82) is 0 Å². The Balaban J connectivity index is 1.57. The summed E-state index contributed by atoms with van der Waals surface area (Å²) < 4.78 is 39.7. The summed E-state index contributed by atoms with van der Waals surface area (Å²) in [6, 6.07) is 12.0. The van der Waals surface area contributed by atoms with Gasteiger partial charge in [0.2, 0.25) is 5.82 Å². The van der Waals surface area contributed by atoms with Gasteiger partial charge in [0, 0.05) is 0 Å². The van der Waals surface area contributed by atoms with Gasteiger partial charge in [-0.15, -0.1) is 0 Å². The van der Waals surface area contributed by atoms with Gasteiger partial charge < -0.3 is 9.47 Å². The van der Waals surface area contributed by atoms with Gasteiger partial charge in [-0.25, -0.2) is 9.18 Å². The third-order valence-electron chi connectivity index (χ3n) is 5.23. The molecule has 1 aliphatic carbocycles. The first-order valence-electron chi connectivity index (χ1n) is 9.96. The zero-order valence-electron chi connectivity index (χ0n) is 16.1. The van der Waals surface area contributed by atoms with E-state index in [2.05, 4.69) is 0 Å². The molecule has 0 atom stereocenters. The number of hydrogen-bond donors (Lipinski definition) is 0. The fourth-order valence-electron chi connectivity index (χ4n) is 3.59. The smallest absolute Gasteiger partial charge is 0.338 e. The number of halogens is 2. The molecule has 0 aromatic heterocycles. The number of carbonyl (C=O) groups is 1. The lowest BCUT2D eigenvalue weighted by Crippen LogP contribution is -2.24. The van der Waals surface area contributed by atoms with E-state index < -0.39 is 11.6 Å². The van der Waals surface area contributed by atoms with E-state index in [4.69, 9.17) is 9.47 Å². The van der Waals surface area contributed by atoms with E-state index in [1.807, 2.05) is 13.0 Å². The molecule has 2 aromatic carbocycles. The minimum Gasteiger partial charge on any atom is -0.490 e. The van der Waals surface area contributed by atoms with Crippen LogP contribution in [0.2, 0.25) is 0 Å². The van der Waals surface area contributed by atoms with Gasteiger partial charge in [-0.05, 0) is 61.8 Å². The standard InChI is InChI=1S/C23H26F2O3/c1-2-3-15-27-20-14-13-19(21(24)22(20)25)16-9-11-18(12-10-16)28-23(26)17-7-5-4-6-8-17/h4-8,13-14,16,18H,2-3,9-12,15H2,1H3. The highest BCUT2D eigenvalue weighted by atomic mass is 19.2. The first kappa shape index (κ1) is 20.3. The van der Waals surface area contributed by atoms with E-state index in [0.717, 1.165) is 12.8 Å². The maximum absolute atomic E-state index is 14.5. The van der Waals surface area contributed by atoms with Gasteiger partial charge in [-0.1, -0.05) is 37.6 Å². The molecule has 1 fully saturated rings. The summed E-state index contributed by atoms with van der Waals surface area (Å²) in [6.07, 6.45) is 4.12. The molecule has 28 heavy (non-hydrogen) atoms. The minimum absolute atomic E-state index is 0.0276. The number of benzene rings is 2. The summed E-state index contributed by atoms with van der Waals surface area (Å²) in [4.78, 5) is 12.2. The SMILES string of the molecule is CCCCOc1ccc(C2CCC(OC(=O)c3ccccc3)CC2)c(F)c1F. The van der Waals surface area contributed by atoms with Gasteiger partial charge in [-0.2, -0.15) is 4.39 Å². The quantitative estimate of drug-likeness (QED) is 0.429. The molecule has 3 nitrogen and oxygen atoms in total. The summed E-state index contributed by atoms with van der Waals surface area (Å²) in [5.41, 5.74) is 0.907. The monoisotopic (exact) mass is 388 g/mol. The Morgan fingerprint density at radius 3 is 2.39 bits per heavy atom. The molecule has 3 rings (SSSR count). The summed E-state index contributed by atoms with van der Waals surface area (Å²) in [5, 5.41) is 0. The predicted molar refractivity (Wildman–Crippen MR) is 104 cm³/mol. The maximum atomic E-state index is 14.5. The molecule has 1 aliphatic rings. The van der Waals surface area contributed by atoms with Crippen LogP contribution in [-0.4, -0.2) is 18.7 Å². The molecule has 0 aliphatic heterocycles.